The van der Waals surface area contributed by atoms with Crippen LogP contribution in [0.25, 0.3) is 0 Å². The lowest BCUT2D eigenvalue weighted by molar-refractivity contribution is -0.115. The van der Waals surface area contributed by atoms with Crippen molar-refractivity contribution in [1.29, 1.82) is 0 Å². The van der Waals surface area contributed by atoms with E-state index in [0.717, 1.165) is 10.2 Å². The number of carbonyl (C=O) groups excluding carboxylic acids is 2. The molecule has 0 heterocycles. The molecule has 0 spiro atoms. The Morgan fingerprint density at radius 3 is 2.23 bits per heavy atom. The van der Waals surface area contributed by atoms with Crippen LogP contribution >= 0.6 is 15.9 Å². The van der Waals surface area contributed by atoms with E-state index < -0.39 is 0 Å². The monoisotopic (exact) mass is 415 g/mol. The zero-order chi connectivity index (χ0) is 19.1. The number of amides is 2. The lowest BCUT2D eigenvalue weighted by Gasteiger charge is -2.08. The van der Waals surface area contributed by atoms with Gasteiger partial charge in [-0.25, -0.2) is 5.43 Å². The molecule has 0 aliphatic rings. The van der Waals surface area contributed by atoms with Gasteiger partial charge in [-0.15, -0.1) is 0 Å². The second-order valence-corrected chi connectivity index (χ2v) is 7.21. The van der Waals surface area contributed by atoms with Gasteiger partial charge < -0.3 is 5.32 Å². The fraction of sp³-hybridized carbons (Fsp3) is 0.250. The van der Waals surface area contributed by atoms with Crippen molar-refractivity contribution in [1.82, 2.24) is 5.43 Å². The third-order valence-electron chi connectivity index (χ3n) is 3.73. The zero-order valence-electron chi connectivity index (χ0n) is 15.0. The minimum Gasteiger partial charge on any atom is -0.326 e. The number of hydrogen-bond donors (Lipinski definition) is 2. The second kappa shape index (κ2) is 9.29. The summed E-state index contributed by atoms with van der Waals surface area (Å²) in [5.41, 5.74) is 5.44. The van der Waals surface area contributed by atoms with E-state index in [-0.39, 0.29) is 18.2 Å². The largest absolute Gasteiger partial charge is 0.326 e. The number of carbonyl (C=O) groups is 2. The quantitative estimate of drug-likeness (QED) is 0.529. The fourth-order valence-corrected chi connectivity index (χ4v) is 2.50. The van der Waals surface area contributed by atoms with Gasteiger partial charge in [0.05, 0.1) is 6.42 Å². The Balaban J connectivity index is 1.86. The number of nitrogens with zero attached hydrogens (tertiary/aromatic N) is 1. The molecular weight excluding hydrogens is 394 g/mol. The van der Waals surface area contributed by atoms with Crippen molar-refractivity contribution in [2.24, 2.45) is 5.10 Å². The van der Waals surface area contributed by atoms with Gasteiger partial charge >= 0.3 is 0 Å². The third-order valence-corrected chi connectivity index (χ3v) is 4.26. The summed E-state index contributed by atoms with van der Waals surface area (Å²) in [4.78, 5) is 24.1. The van der Waals surface area contributed by atoms with Crippen LogP contribution in [0.5, 0.6) is 0 Å². The standard InChI is InChI=1S/C20H22BrN3O2/c1-13(2)15-6-10-18(11-7-15)22-19(25)12-14(3)23-24-20(26)16-4-8-17(21)9-5-16/h4-11,13H,12H2,1-3H3,(H,22,25)(H,24,26)/b23-14+. The highest BCUT2D eigenvalue weighted by molar-refractivity contribution is 9.10. The summed E-state index contributed by atoms with van der Waals surface area (Å²) < 4.78 is 0.895. The molecule has 0 aliphatic carbocycles. The second-order valence-electron chi connectivity index (χ2n) is 6.30. The first-order chi connectivity index (χ1) is 12.3. The van der Waals surface area contributed by atoms with E-state index >= 15 is 0 Å². The van der Waals surface area contributed by atoms with Crippen LogP contribution in [0.2, 0.25) is 0 Å². The number of rotatable bonds is 6. The summed E-state index contributed by atoms with van der Waals surface area (Å²) in [6, 6.07) is 14.7. The summed E-state index contributed by atoms with van der Waals surface area (Å²) in [5, 5.41) is 6.81. The van der Waals surface area contributed by atoms with Crippen molar-refractivity contribution in [2.75, 3.05) is 5.32 Å². The molecule has 2 amide bonds. The molecule has 6 heteroatoms. The third kappa shape index (κ3) is 6.11. The van der Waals surface area contributed by atoms with Crippen LogP contribution in [0.3, 0.4) is 0 Å². The number of hydrogen-bond acceptors (Lipinski definition) is 3. The van der Waals surface area contributed by atoms with E-state index in [0.29, 0.717) is 17.2 Å². The van der Waals surface area contributed by atoms with Crippen LogP contribution in [-0.4, -0.2) is 17.5 Å². The van der Waals surface area contributed by atoms with Crippen molar-refractivity contribution in [2.45, 2.75) is 33.1 Å². The molecule has 0 aliphatic heterocycles. The van der Waals surface area contributed by atoms with E-state index in [9.17, 15) is 9.59 Å². The fourth-order valence-electron chi connectivity index (χ4n) is 2.24. The lowest BCUT2D eigenvalue weighted by Crippen LogP contribution is -2.21. The number of nitrogens with one attached hydrogen (secondary N) is 2. The maximum atomic E-state index is 12.1. The smallest absolute Gasteiger partial charge is 0.271 e. The Kier molecular flexibility index (Phi) is 7.09. The van der Waals surface area contributed by atoms with E-state index in [1.54, 1.807) is 31.2 Å². The molecule has 136 valence electrons. The van der Waals surface area contributed by atoms with E-state index in [1.807, 2.05) is 24.3 Å². The molecule has 2 aromatic rings. The maximum Gasteiger partial charge on any atom is 0.271 e. The molecule has 0 aromatic heterocycles. The number of hydrazone groups is 1. The molecule has 2 rings (SSSR count). The maximum absolute atomic E-state index is 12.1. The predicted molar refractivity (Wildman–Crippen MR) is 108 cm³/mol. The van der Waals surface area contributed by atoms with Crippen molar-refractivity contribution < 1.29 is 9.59 Å². The highest BCUT2D eigenvalue weighted by Gasteiger charge is 2.07. The first-order valence-corrected chi connectivity index (χ1v) is 9.13. The van der Waals surface area contributed by atoms with Crippen LogP contribution in [0.15, 0.2) is 58.1 Å². The van der Waals surface area contributed by atoms with Gasteiger partial charge in [-0.05, 0) is 54.8 Å². The molecule has 0 saturated heterocycles. The molecule has 5 nitrogen and oxygen atoms in total. The van der Waals surface area contributed by atoms with Gasteiger partial charge in [0, 0.05) is 21.4 Å². The Labute approximate surface area is 162 Å². The molecule has 0 fully saturated rings. The number of anilines is 1. The van der Waals surface area contributed by atoms with Crippen LogP contribution in [0.4, 0.5) is 5.69 Å². The normalized spacial score (nSPS) is 11.3. The average molecular weight is 416 g/mol. The Morgan fingerprint density at radius 1 is 1.04 bits per heavy atom. The molecule has 0 radical (unpaired) electrons. The minimum atomic E-state index is -0.318. The molecule has 0 bridgehead atoms. The molecule has 2 aromatic carbocycles. The molecule has 2 N–H and O–H groups in total. The lowest BCUT2D eigenvalue weighted by atomic mass is 10.0. The van der Waals surface area contributed by atoms with Gasteiger partial charge in [-0.3, -0.25) is 9.59 Å². The van der Waals surface area contributed by atoms with Gasteiger partial charge in [0.1, 0.15) is 0 Å². The van der Waals surface area contributed by atoms with Crippen LogP contribution in [-0.2, 0) is 4.79 Å². The van der Waals surface area contributed by atoms with Crippen LogP contribution in [0.1, 0.15) is 49.0 Å². The average Bonchev–Trinajstić information content (AvgIpc) is 2.60. The van der Waals surface area contributed by atoms with Crippen LogP contribution in [0, 0.1) is 0 Å². The topological polar surface area (TPSA) is 70.6 Å². The van der Waals surface area contributed by atoms with E-state index in [4.69, 9.17) is 0 Å². The summed E-state index contributed by atoms with van der Waals surface area (Å²) in [5.74, 6) is -0.0496. The molecule has 0 unspecified atom stereocenters. The Morgan fingerprint density at radius 2 is 1.65 bits per heavy atom. The molecule has 0 saturated carbocycles. The SMILES string of the molecule is C/C(CC(=O)Nc1ccc(C(C)C)cc1)=N\NC(=O)c1ccc(Br)cc1. The Bertz CT molecular complexity index is 797. The Hall–Kier alpha value is -2.47. The first kappa shape index (κ1) is 19.8. The molecular formula is C20H22BrN3O2. The van der Waals surface area contributed by atoms with Gasteiger partial charge in [0.15, 0.2) is 0 Å². The van der Waals surface area contributed by atoms with Crippen LogP contribution < -0.4 is 10.7 Å². The van der Waals surface area contributed by atoms with E-state index in [1.165, 1.54) is 5.56 Å². The summed E-state index contributed by atoms with van der Waals surface area (Å²) in [6.07, 6.45) is 0.104. The highest BCUT2D eigenvalue weighted by atomic mass is 79.9. The minimum absolute atomic E-state index is 0.104. The van der Waals surface area contributed by atoms with Gasteiger partial charge in [-0.2, -0.15) is 5.10 Å². The summed E-state index contributed by atoms with van der Waals surface area (Å²) >= 11 is 3.32. The van der Waals surface area contributed by atoms with E-state index in [2.05, 4.69) is 45.6 Å². The van der Waals surface area contributed by atoms with Gasteiger partial charge in [0.25, 0.3) is 5.91 Å². The van der Waals surface area contributed by atoms with Crippen molar-refractivity contribution in [3.8, 4) is 0 Å². The molecule has 26 heavy (non-hydrogen) atoms. The number of benzene rings is 2. The van der Waals surface area contributed by atoms with Crippen molar-refractivity contribution in [3.05, 3.63) is 64.1 Å². The first-order valence-electron chi connectivity index (χ1n) is 8.34. The summed E-state index contributed by atoms with van der Waals surface area (Å²) in [6.45, 7) is 5.94. The van der Waals surface area contributed by atoms with Crippen molar-refractivity contribution in [3.63, 3.8) is 0 Å². The van der Waals surface area contributed by atoms with Gasteiger partial charge in [0.2, 0.25) is 5.91 Å². The zero-order valence-corrected chi connectivity index (χ0v) is 16.6. The van der Waals surface area contributed by atoms with Crippen molar-refractivity contribution >= 4 is 39.1 Å². The number of halogens is 1. The molecule has 0 atom stereocenters. The summed E-state index contributed by atoms with van der Waals surface area (Å²) in [7, 11) is 0. The predicted octanol–water partition coefficient (Wildman–Crippen LogP) is 4.71. The van der Waals surface area contributed by atoms with Gasteiger partial charge in [-0.1, -0.05) is 41.9 Å². The highest BCUT2D eigenvalue weighted by Crippen LogP contribution is 2.17.